The normalized spacial score (nSPS) is 12.2. The number of fused-ring (bicyclic) bond motifs is 1. The molecule has 1 amide bonds. The molecule has 0 saturated carbocycles. The van der Waals surface area contributed by atoms with Gasteiger partial charge in [-0.2, -0.15) is 0 Å². The van der Waals surface area contributed by atoms with E-state index in [2.05, 4.69) is 24.7 Å². The average molecular weight is 437 g/mol. The van der Waals surface area contributed by atoms with Crippen LogP contribution in [0.3, 0.4) is 0 Å². The molecule has 173 valence electrons. The average Bonchev–Trinajstić information content (AvgIpc) is 3.29. The van der Waals surface area contributed by atoms with Crippen molar-refractivity contribution < 1.29 is 14.3 Å². The van der Waals surface area contributed by atoms with E-state index in [1.165, 1.54) is 63.4 Å². The standard InChI is InChI=1S/C28H38NO3/c1-2-3-4-5-6-7-8-9-10-11-20-29-28(30)25-17-14-23(15-18-25)12-13-24-16-19-26-27(21-24)32-22-31-26/h12,14-19,21H,2-11,13,20,22H2,1H3,(H,29,30). The molecule has 0 atom stereocenters. The van der Waals surface area contributed by atoms with Gasteiger partial charge in [0.1, 0.15) is 0 Å². The van der Waals surface area contributed by atoms with Crippen molar-refractivity contribution in [1.29, 1.82) is 0 Å². The Balaban J connectivity index is 1.26. The summed E-state index contributed by atoms with van der Waals surface area (Å²) >= 11 is 0. The first-order valence-electron chi connectivity index (χ1n) is 12.4. The maximum Gasteiger partial charge on any atom is 0.251 e. The molecular formula is C28H38NO3. The molecule has 0 unspecified atom stereocenters. The van der Waals surface area contributed by atoms with Crippen LogP contribution in [0, 0.1) is 6.42 Å². The highest BCUT2D eigenvalue weighted by atomic mass is 16.7. The fourth-order valence-corrected chi connectivity index (χ4v) is 3.99. The lowest BCUT2D eigenvalue weighted by Crippen LogP contribution is -2.24. The van der Waals surface area contributed by atoms with E-state index in [-0.39, 0.29) is 5.91 Å². The number of carbonyl (C=O) groups excluding carboxylic acids is 1. The summed E-state index contributed by atoms with van der Waals surface area (Å²) in [6, 6.07) is 13.8. The maximum atomic E-state index is 12.4. The number of hydrogen-bond acceptors (Lipinski definition) is 3. The molecule has 1 radical (unpaired) electrons. The molecule has 0 saturated heterocycles. The van der Waals surface area contributed by atoms with Crippen LogP contribution < -0.4 is 14.8 Å². The van der Waals surface area contributed by atoms with Crippen LogP contribution in [0.4, 0.5) is 0 Å². The van der Waals surface area contributed by atoms with Crippen LogP contribution in [0.15, 0.2) is 42.5 Å². The maximum absolute atomic E-state index is 12.4. The summed E-state index contributed by atoms with van der Waals surface area (Å²) in [5.41, 5.74) is 3.00. The fraction of sp³-hybridized carbons (Fsp3) is 0.500. The number of ether oxygens (including phenoxy) is 2. The third kappa shape index (κ3) is 8.22. The topological polar surface area (TPSA) is 47.6 Å². The highest BCUT2D eigenvalue weighted by Gasteiger charge is 2.13. The Kier molecular flexibility index (Phi) is 10.4. The minimum Gasteiger partial charge on any atom is -0.454 e. The molecule has 0 aliphatic carbocycles. The van der Waals surface area contributed by atoms with Gasteiger partial charge >= 0.3 is 0 Å². The highest BCUT2D eigenvalue weighted by molar-refractivity contribution is 5.94. The van der Waals surface area contributed by atoms with Crippen molar-refractivity contribution in [2.24, 2.45) is 0 Å². The van der Waals surface area contributed by atoms with E-state index in [1.54, 1.807) is 0 Å². The van der Waals surface area contributed by atoms with Crippen LogP contribution >= 0.6 is 0 Å². The van der Waals surface area contributed by atoms with Crippen LogP contribution in [0.1, 0.15) is 92.6 Å². The van der Waals surface area contributed by atoms with Gasteiger partial charge in [-0.15, -0.1) is 0 Å². The summed E-state index contributed by atoms with van der Waals surface area (Å²) in [6.45, 7) is 3.31. The van der Waals surface area contributed by atoms with Crippen molar-refractivity contribution in [3.8, 4) is 11.5 Å². The second-order valence-corrected chi connectivity index (χ2v) is 8.66. The first-order valence-corrected chi connectivity index (χ1v) is 12.4. The molecule has 1 aliphatic rings. The second kappa shape index (κ2) is 13.8. The van der Waals surface area contributed by atoms with Gasteiger partial charge in [-0.1, -0.05) is 82.9 Å². The minimum absolute atomic E-state index is 0.0169. The Bertz CT molecular complexity index is 816. The lowest BCUT2D eigenvalue weighted by Gasteiger charge is -2.07. The zero-order chi connectivity index (χ0) is 22.4. The monoisotopic (exact) mass is 436 g/mol. The second-order valence-electron chi connectivity index (χ2n) is 8.66. The first-order chi connectivity index (χ1) is 15.8. The Morgan fingerprint density at radius 1 is 0.844 bits per heavy atom. The van der Waals surface area contributed by atoms with Crippen LogP contribution in [0.25, 0.3) is 0 Å². The van der Waals surface area contributed by atoms with Crippen LogP contribution in [0.2, 0.25) is 0 Å². The van der Waals surface area contributed by atoms with Gasteiger partial charge in [0.2, 0.25) is 6.79 Å². The third-order valence-electron chi connectivity index (χ3n) is 6.00. The molecule has 32 heavy (non-hydrogen) atoms. The van der Waals surface area contributed by atoms with Crippen molar-refractivity contribution >= 4 is 5.91 Å². The van der Waals surface area contributed by atoms with E-state index >= 15 is 0 Å². The van der Waals surface area contributed by atoms with Gasteiger partial charge in [0, 0.05) is 12.1 Å². The quantitative estimate of drug-likeness (QED) is 0.310. The van der Waals surface area contributed by atoms with Gasteiger partial charge < -0.3 is 14.8 Å². The molecular weight excluding hydrogens is 398 g/mol. The Labute approximate surface area is 193 Å². The number of rotatable bonds is 15. The van der Waals surface area contributed by atoms with E-state index in [0.717, 1.165) is 42.0 Å². The first kappa shape index (κ1) is 24.2. The van der Waals surface area contributed by atoms with Gasteiger partial charge in [0.15, 0.2) is 11.5 Å². The van der Waals surface area contributed by atoms with Gasteiger partial charge in [0.05, 0.1) is 0 Å². The molecule has 1 N–H and O–H groups in total. The molecule has 2 aromatic rings. The largest absolute Gasteiger partial charge is 0.454 e. The van der Waals surface area contributed by atoms with E-state index in [1.807, 2.05) is 36.4 Å². The Hall–Kier alpha value is -2.49. The number of amides is 1. The van der Waals surface area contributed by atoms with Crippen LogP contribution in [-0.2, 0) is 6.42 Å². The van der Waals surface area contributed by atoms with Crippen LogP contribution in [0.5, 0.6) is 11.5 Å². The number of hydrogen-bond donors (Lipinski definition) is 1. The van der Waals surface area contributed by atoms with E-state index in [9.17, 15) is 4.79 Å². The molecule has 4 heteroatoms. The van der Waals surface area contributed by atoms with Gasteiger partial charge in [0.25, 0.3) is 5.91 Å². The molecule has 0 fully saturated rings. The Morgan fingerprint density at radius 3 is 2.22 bits per heavy atom. The fourth-order valence-electron chi connectivity index (χ4n) is 3.99. The summed E-state index contributed by atoms with van der Waals surface area (Å²) < 4.78 is 10.8. The summed E-state index contributed by atoms with van der Waals surface area (Å²) in [7, 11) is 0. The lowest BCUT2D eigenvalue weighted by atomic mass is 10.0. The van der Waals surface area contributed by atoms with Crippen molar-refractivity contribution in [2.75, 3.05) is 13.3 Å². The van der Waals surface area contributed by atoms with Crippen molar-refractivity contribution in [2.45, 2.75) is 77.6 Å². The molecule has 3 rings (SSSR count). The predicted molar refractivity (Wildman–Crippen MR) is 130 cm³/mol. The van der Waals surface area contributed by atoms with Crippen LogP contribution in [-0.4, -0.2) is 19.2 Å². The number of nitrogens with one attached hydrogen (secondary N) is 1. The van der Waals surface area contributed by atoms with E-state index in [4.69, 9.17) is 9.47 Å². The summed E-state index contributed by atoms with van der Waals surface area (Å²) in [4.78, 5) is 12.4. The molecule has 0 aromatic heterocycles. The molecule has 2 aromatic carbocycles. The minimum atomic E-state index is 0.0169. The zero-order valence-corrected chi connectivity index (χ0v) is 19.5. The van der Waals surface area contributed by atoms with Crippen molar-refractivity contribution in [3.05, 3.63) is 65.6 Å². The van der Waals surface area contributed by atoms with E-state index in [0.29, 0.717) is 6.79 Å². The van der Waals surface area contributed by atoms with Crippen molar-refractivity contribution in [3.63, 3.8) is 0 Å². The Morgan fingerprint density at radius 2 is 1.50 bits per heavy atom. The summed E-state index contributed by atoms with van der Waals surface area (Å²) in [5.74, 6) is 1.63. The highest BCUT2D eigenvalue weighted by Crippen LogP contribution is 2.32. The molecule has 1 heterocycles. The van der Waals surface area contributed by atoms with Crippen molar-refractivity contribution in [1.82, 2.24) is 5.32 Å². The third-order valence-corrected chi connectivity index (χ3v) is 6.00. The molecule has 1 aliphatic heterocycles. The lowest BCUT2D eigenvalue weighted by molar-refractivity contribution is 0.0953. The zero-order valence-electron chi connectivity index (χ0n) is 19.5. The summed E-state index contributed by atoms with van der Waals surface area (Å²) in [5, 5.41) is 3.05. The van der Waals surface area contributed by atoms with Gasteiger partial charge in [-0.25, -0.2) is 0 Å². The van der Waals surface area contributed by atoms with E-state index < -0.39 is 0 Å². The molecule has 4 nitrogen and oxygen atoms in total. The SMILES string of the molecule is CCCCCCCCCCCCNC(=O)c1ccc([CH]Cc2ccc3c(c2)OCO3)cc1. The number of unbranched alkanes of at least 4 members (excludes halogenated alkanes) is 9. The van der Waals surface area contributed by atoms with Gasteiger partial charge in [-0.05, 0) is 54.7 Å². The molecule has 0 spiro atoms. The number of benzene rings is 2. The molecule has 0 bridgehead atoms. The van der Waals surface area contributed by atoms with Gasteiger partial charge in [-0.3, -0.25) is 4.79 Å². The predicted octanol–water partition coefficient (Wildman–Crippen LogP) is 6.86. The number of carbonyl (C=O) groups is 1. The smallest absolute Gasteiger partial charge is 0.251 e. The summed E-state index contributed by atoms with van der Waals surface area (Å²) in [6.07, 6.45) is 16.0.